The highest BCUT2D eigenvalue weighted by Crippen LogP contribution is 2.43. The minimum atomic E-state index is -0.701. The lowest BCUT2D eigenvalue weighted by Crippen LogP contribution is -2.36. The van der Waals surface area contributed by atoms with E-state index in [0.717, 1.165) is 65.9 Å². The van der Waals surface area contributed by atoms with Gasteiger partial charge in [0.25, 0.3) is 0 Å². The predicted molar refractivity (Wildman–Crippen MR) is 137 cm³/mol. The van der Waals surface area contributed by atoms with Crippen LogP contribution in [0, 0.1) is 5.92 Å². The van der Waals surface area contributed by atoms with Crippen molar-refractivity contribution in [3.63, 3.8) is 0 Å². The molecule has 3 heterocycles. The summed E-state index contributed by atoms with van der Waals surface area (Å²) in [6.45, 7) is 4.33. The Morgan fingerprint density at radius 3 is 2.83 bits per heavy atom. The average molecular weight is 475 g/mol. The number of carboxylic acid groups (broad SMARTS) is 1. The number of rotatable bonds is 4. The standard InChI is InChI=1S/C28H34N4O3/c1-16-10-11-21-22(29-16)12-13-24-26(21)30-27(32(24)20-8-5-7-19(14-20)28(34)35)17(2)31-23-9-4-3-6-18(23)15-25(31)33/h3-4,6,9,12-13,16-17,19-20,25,29,33H,5,7-8,10-11,14-15H2,1-2H3,(H,34,35). The zero-order chi connectivity index (χ0) is 24.3. The third-order valence-electron chi connectivity index (χ3n) is 8.37. The summed E-state index contributed by atoms with van der Waals surface area (Å²) >= 11 is 0. The van der Waals surface area contributed by atoms with Crippen molar-refractivity contribution in [2.75, 3.05) is 10.2 Å². The molecule has 6 rings (SSSR count). The van der Waals surface area contributed by atoms with Gasteiger partial charge in [-0.25, -0.2) is 4.98 Å². The van der Waals surface area contributed by atoms with Gasteiger partial charge in [0.05, 0.1) is 23.0 Å². The zero-order valence-electron chi connectivity index (χ0n) is 20.4. The Balaban J connectivity index is 1.50. The number of nitrogens with one attached hydrogen (secondary N) is 1. The topological polar surface area (TPSA) is 90.6 Å². The normalized spacial score (nSPS) is 26.8. The molecule has 0 amide bonds. The zero-order valence-corrected chi connectivity index (χ0v) is 20.4. The van der Waals surface area contributed by atoms with Crippen LogP contribution in [0.25, 0.3) is 11.0 Å². The van der Waals surface area contributed by atoms with Gasteiger partial charge >= 0.3 is 5.97 Å². The fourth-order valence-electron chi connectivity index (χ4n) is 6.61. The van der Waals surface area contributed by atoms with Gasteiger partial charge in [-0.3, -0.25) is 4.79 Å². The van der Waals surface area contributed by atoms with E-state index in [4.69, 9.17) is 4.98 Å². The number of anilines is 2. The van der Waals surface area contributed by atoms with Gasteiger partial charge in [0.15, 0.2) is 0 Å². The molecule has 0 bridgehead atoms. The van der Waals surface area contributed by atoms with Crippen LogP contribution in [-0.4, -0.2) is 38.0 Å². The summed E-state index contributed by atoms with van der Waals surface area (Å²) in [6, 6.07) is 12.9. The number of benzene rings is 2. The maximum atomic E-state index is 11.9. The summed E-state index contributed by atoms with van der Waals surface area (Å²) in [5, 5.41) is 24.4. The molecule has 35 heavy (non-hydrogen) atoms. The van der Waals surface area contributed by atoms with E-state index >= 15 is 0 Å². The summed E-state index contributed by atoms with van der Waals surface area (Å²) in [5.74, 6) is -0.111. The SMILES string of the molecule is CC1CCc2c(ccc3c2nc(C(C)N2c4ccccc4CC2O)n3C2CCCC(C(=O)O)C2)N1. The van der Waals surface area contributed by atoms with Crippen molar-refractivity contribution in [3.05, 3.63) is 53.3 Å². The molecule has 3 aromatic rings. The van der Waals surface area contributed by atoms with Crippen molar-refractivity contribution in [1.82, 2.24) is 9.55 Å². The smallest absolute Gasteiger partial charge is 0.306 e. The molecule has 1 aromatic heterocycles. The molecule has 0 radical (unpaired) electrons. The molecule has 5 atom stereocenters. The lowest BCUT2D eigenvalue weighted by Gasteiger charge is -2.34. The minimum absolute atomic E-state index is 0.0795. The molecular weight excluding hydrogens is 440 g/mol. The van der Waals surface area contributed by atoms with Crippen molar-refractivity contribution in [2.45, 2.75) is 83.1 Å². The van der Waals surface area contributed by atoms with Crippen LogP contribution in [0.4, 0.5) is 11.4 Å². The Kier molecular flexibility index (Phi) is 5.48. The number of fused-ring (bicyclic) bond motifs is 4. The molecule has 3 aliphatic rings. The van der Waals surface area contributed by atoms with E-state index in [9.17, 15) is 15.0 Å². The number of aryl methyl sites for hydroxylation is 1. The van der Waals surface area contributed by atoms with Crippen molar-refractivity contribution < 1.29 is 15.0 Å². The number of aromatic nitrogens is 2. The monoisotopic (exact) mass is 474 g/mol. The number of hydrogen-bond donors (Lipinski definition) is 3. The fraction of sp³-hybridized carbons (Fsp3) is 0.500. The number of carboxylic acids is 1. The molecule has 2 aliphatic heterocycles. The van der Waals surface area contributed by atoms with Gasteiger partial charge in [0.2, 0.25) is 0 Å². The molecule has 0 saturated heterocycles. The second kappa shape index (κ2) is 8.55. The van der Waals surface area contributed by atoms with Gasteiger partial charge < -0.3 is 25.0 Å². The van der Waals surface area contributed by atoms with Gasteiger partial charge in [-0.15, -0.1) is 0 Å². The van der Waals surface area contributed by atoms with Crippen LogP contribution in [0.1, 0.15) is 75.0 Å². The minimum Gasteiger partial charge on any atom is -0.481 e. The highest BCUT2D eigenvalue weighted by molar-refractivity contribution is 5.86. The third-order valence-corrected chi connectivity index (χ3v) is 8.37. The summed E-state index contributed by atoms with van der Waals surface area (Å²) in [5.41, 5.74) is 6.70. The van der Waals surface area contributed by atoms with Gasteiger partial charge in [-0.05, 0) is 69.7 Å². The first-order valence-corrected chi connectivity index (χ1v) is 13.0. The first-order chi connectivity index (χ1) is 16.9. The van der Waals surface area contributed by atoms with E-state index in [1.165, 1.54) is 5.56 Å². The number of hydrogen-bond acceptors (Lipinski definition) is 5. The molecular formula is C28H34N4O3. The summed E-state index contributed by atoms with van der Waals surface area (Å²) in [4.78, 5) is 19.2. The molecule has 1 fully saturated rings. The maximum absolute atomic E-state index is 11.9. The van der Waals surface area contributed by atoms with Crippen LogP contribution in [0.2, 0.25) is 0 Å². The van der Waals surface area contributed by atoms with Crippen LogP contribution in [0.15, 0.2) is 36.4 Å². The third kappa shape index (κ3) is 3.68. The fourth-order valence-corrected chi connectivity index (χ4v) is 6.61. The van der Waals surface area contributed by atoms with Crippen LogP contribution in [0.3, 0.4) is 0 Å². The molecule has 184 valence electrons. The van der Waals surface area contributed by atoms with Crippen molar-refractivity contribution in [2.24, 2.45) is 5.92 Å². The highest BCUT2D eigenvalue weighted by Gasteiger charge is 2.37. The molecule has 0 spiro atoms. The Bertz CT molecular complexity index is 1280. The number of imidazole rings is 1. The number of carbonyl (C=O) groups is 1. The van der Waals surface area contributed by atoms with E-state index in [1.54, 1.807) is 0 Å². The Morgan fingerprint density at radius 2 is 2.00 bits per heavy atom. The van der Waals surface area contributed by atoms with Gasteiger partial charge in [-0.1, -0.05) is 24.6 Å². The van der Waals surface area contributed by atoms with Crippen molar-refractivity contribution >= 4 is 28.4 Å². The second-order valence-electron chi connectivity index (χ2n) is 10.6. The van der Waals surface area contributed by atoms with Gasteiger partial charge in [-0.2, -0.15) is 0 Å². The Morgan fingerprint density at radius 1 is 1.17 bits per heavy atom. The number of nitrogens with zero attached hydrogens (tertiary/aromatic N) is 3. The molecule has 1 aliphatic carbocycles. The van der Waals surface area contributed by atoms with E-state index in [0.29, 0.717) is 18.9 Å². The molecule has 2 aromatic carbocycles. The summed E-state index contributed by atoms with van der Waals surface area (Å²) in [7, 11) is 0. The summed E-state index contributed by atoms with van der Waals surface area (Å²) in [6.07, 6.45) is 5.22. The highest BCUT2D eigenvalue weighted by atomic mass is 16.4. The largest absolute Gasteiger partial charge is 0.481 e. The Hall–Kier alpha value is -3.06. The van der Waals surface area contributed by atoms with Crippen LogP contribution in [0.5, 0.6) is 0 Å². The molecule has 5 unspecified atom stereocenters. The van der Waals surface area contributed by atoms with Gasteiger partial charge in [0.1, 0.15) is 12.1 Å². The van der Waals surface area contributed by atoms with E-state index in [-0.39, 0.29) is 18.0 Å². The van der Waals surface area contributed by atoms with Gasteiger partial charge in [0, 0.05) is 35.4 Å². The van der Waals surface area contributed by atoms with E-state index in [2.05, 4.69) is 52.9 Å². The first kappa shape index (κ1) is 22.4. The molecule has 7 heteroatoms. The molecule has 1 saturated carbocycles. The second-order valence-corrected chi connectivity index (χ2v) is 10.6. The number of aliphatic carboxylic acids is 1. The van der Waals surface area contributed by atoms with Crippen molar-refractivity contribution in [1.29, 1.82) is 0 Å². The number of aliphatic hydroxyl groups excluding tert-OH is 1. The quantitative estimate of drug-likeness (QED) is 0.491. The van der Waals surface area contributed by atoms with Crippen LogP contribution >= 0.6 is 0 Å². The van der Waals surface area contributed by atoms with Crippen molar-refractivity contribution in [3.8, 4) is 0 Å². The lowest BCUT2D eigenvalue weighted by molar-refractivity contribution is -0.143. The lowest BCUT2D eigenvalue weighted by atomic mass is 9.85. The Labute approximate surface area is 205 Å². The van der Waals surface area contributed by atoms with Crippen LogP contribution < -0.4 is 10.2 Å². The maximum Gasteiger partial charge on any atom is 0.306 e. The summed E-state index contributed by atoms with van der Waals surface area (Å²) < 4.78 is 2.32. The first-order valence-electron chi connectivity index (χ1n) is 13.0. The number of para-hydroxylation sites is 1. The van der Waals surface area contributed by atoms with E-state index < -0.39 is 12.2 Å². The predicted octanol–water partition coefficient (Wildman–Crippen LogP) is 5.04. The average Bonchev–Trinajstić information content (AvgIpc) is 3.41. The molecule has 7 nitrogen and oxygen atoms in total. The molecule has 3 N–H and O–H groups in total. The van der Waals surface area contributed by atoms with Crippen LogP contribution in [-0.2, 0) is 17.6 Å². The number of aliphatic hydroxyl groups is 1. The van der Waals surface area contributed by atoms with E-state index in [1.807, 2.05) is 12.1 Å².